The molecule has 1 N–H and O–H groups in total. The first kappa shape index (κ1) is 8.71. The number of carbonyl (C=O) groups excluding carboxylic acids is 1. The van der Waals surface area contributed by atoms with E-state index in [0.717, 1.165) is 0 Å². The summed E-state index contributed by atoms with van der Waals surface area (Å²) in [6.45, 7) is 3.44. The maximum Gasteiger partial charge on any atom is 0.251 e. The number of nitrogens with one attached hydrogen (secondary N) is 1. The van der Waals surface area contributed by atoms with Crippen molar-refractivity contribution in [2.75, 3.05) is 0 Å². The van der Waals surface area contributed by atoms with E-state index < -0.39 is 0 Å². The number of pyridine rings is 1. The van der Waals surface area contributed by atoms with Crippen molar-refractivity contribution in [2.24, 2.45) is 0 Å². The molecule has 0 aromatic carbocycles. The van der Waals surface area contributed by atoms with E-state index in [1.165, 1.54) is 6.20 Å². The highest BCUT2D eigenvalue weighted by Gasteiger charge is 2.07. The van der Waals surface area contributed by atoms with Crippen molar-refractivity contribution in [2.45, 2.75) is 20.3 Å². The Kier molecular flexibility index (Phi) is 2.43. The van der Waals surface area contributed by atoms with Gasteiger partial charge in [-0.25, -0.2) is 0 Å². The zero-order valence-electron chi connectivity index (χ0n) is 7.18. The number of ketones is 1. The Labute approximate surface area is 70.4 Å². The number of hydrogen-bond acceptors (Lipinski definition) is 2. The smallest absolute Gasteiger partial charge is 0.251 e. The maximum absolute atomic E-state index is 11.2. The topological polar surface area (TPSA) is 49.9 Å². The summed E-state index contributed by atoms with van der Waals surface area (Å²) in [6, 6.07) is 1.64. The standard InChI is InChI=1S/C9H11NO2/c1-3-8(11)7-4-5-10-9(12)6(7)2/h4-5H,3H2,1-2H3,(H,10,12). The summed E-state index contributed by atoms with van der Waals surface area (Å²) < 4.78 is 0. The number of rotatable bonds is 2. The number of hydrogen-bond donors (Lipinski definition) is 1. The Morgan fingerprint density at radius 1 is 1.58 bits per heavy atom. The minimum atomic E-state index is -0.186. The molecule has 1 heterocycles. The Balaban J connectivity index is 3.26. The van der Waals surface area contributed by atoms with Gasteiger partial charge in [0.05, 0.1) is 0 Å². The van der Waals surface area contributed by atoms with Gasteiger partial charge >= 0.3 is 0 Å². The Hall–Kier alpha value is -1.38. The predicted octanol–water partition coefficient (Wildman–Crippen LogP) is 1.28. The van der Waals surface area contributed by atoms with Crippen LogP contribution in [0.15, 0.2) is 17.1 Å². The fourth-order valence-corrected chi connectivity index (χ4v) is 1.05. The molecule has 0 fully saturated rings. The average Bonchev–Trinajstić information content (AvgIpc) is 2.08. The van der Waals surface area contributed by atoms with Gasteiger partial charge < -0.3 is 4.98 Å². The highest BCUT2D eigenvalue weighted by atomic mass is 16.1. The average molecular weight is 165 g/mol. The molecule has 0 aliphatic heterocycles. The molecule has 0 amide bonds. The van der Waals surface area contributed by atoms with E-state index in [1.807, 2.05) is 0 Å². The number of aromatic nitrogens is 1. The van der Waals surface area contributed by atoms with Crippen molar-refractivity contribution in [3.63, 3.8) is 0 Å². The molecule has 0 saturated carbocycles. The van der Waals surface area contributed by atoms with Gasteiger partial charge in [-0.1, -0.05) is 6.92 Å². The Bertz CT molecular complexity index is 352. The second-order valence-electron chi connectivity index (χ2n) is 2.62. The van der Waals surface area contributed by atoms with Crippen LogP contribution in [0.1, 0.15) is 29.3 Å². The van der Waals surface area contributed by atoms with Crippen molar-refractivity contribution < 1.29 is 4.79 Å². The second-order valence-corrected chi connectivity index (χ2v) is 2.62. The lowest BCUT2D eigenvalue weighted by molar-refractivity contribution is 0.0987. The van der Waals surface area contributed by atoms with Crippen LogP contribution in [0, 0.1) is 6.92 Å². The van der Waals surface area contributed by atoms with Crippen LogP contribution in [0.4, 0.5) is 0 Å². The lowest BCUT2D eigenvalue weighted by atomic mass is 10.1. The zero-order chi connectivity index (χ0) is 9.14. The van der Waals surface area contributed by atoms with Crippen LogP contribution in [0.2, 0.25) is 0 Å². The quantitative estimate of drug-likeness (QED) is 0.671. The molecule has 0 unspecified atom stereocenters. The third kappa shape index (κ3) is 1.44. The zero-order valence-corrected chi connectivity index (χ0v) is 7.18. The molecule has 3 heteroatoms. The number of carbonyl (C=O) groups is 1. The SMILES string of the molecule is CCC(=O)c1cc[nH]c(=O)c1C. The van der Waals surface area contributed by atoms with E-state index in [9.17, 15) is 9.59 Å². The van der Waals surface area contributed by atoms with Crippen LogP contribution in [0.25, 0.3) is 0 Å². The van der Waals surface area contributed by atoms with Crippen LogP contribution in [-0.4, -0.2) is 10.8 Å². The molecule has 0 aliphatic carbocycles. The summed E-state index contributed by atoms with van der Waals surface area (Å²) in [5.41, 5.74) is 0.847. The van der Waals surface area contributed by atoms with E-state index in [2.05, 4.69) is 4.98 Å². The molecule has 0 radical (unpaired) electrons. The van der Waals surface area contributed by atoms with Gasteiger partial charge in [0.15, 0.2) is 5.78 Å². The molecule has 0 atom stereocenters. The van der Waals surface area contributed by atoms with Crippen molar-refractivity contribution in [1.29, 1.82) is 0 Å². The predicted molar refractivity (Wildman–Crippen MR) is 46.4 cm³/mol. The molecular weight excluding hydrogens is 154 g/mol. The van der Waals surface area contributed by atoms with Crippen LogP contribution >= 0.6 is 0 Å². The second kappa shape index (κ2) is 3.34. The molecule has 1 aromatic rings. The van der Waals surface area contributed by atoms with Gasteiger partial charge in [-0.2, -0.15) is 0 Å². The molecule has 0 bridgehead atoms. The molecule has 12 heavy (non-hydrogen) atoms. The van der Waals surface area contributed by atoms with Crippen molar-refractivity contribution >= 4 is 5.78 Å². The fourth-order valence-electron chi connectivity index (χ4n) is 1.05. The lowest BCUT2D eigenvalue weighted by Crippen LogP contribution is -2.14. The number of Topliss-reactive ketones (excluding diaryl/α,β-unsaturated/α-hetero) is 1. The van der Waals surface area contributed by atoms with Crippen molar-refractivity contribution in [3.05, 3.63) is 33.7 Å². The maximum atomic E-state index is 11.2. The highest BCUT2D eigenvalue weighted by Crippen LogP contribution is 2.03. The van der Waals surface area contributed by atoms with Gasteiger partial charge in [0.2, 0.25) is 0 Å². The van der Waals surface area contributed by atoms with Crippen molar-refractivity contribution in [3.8, 4) is 0 Å². The number of H-pyrrole nitrogens is 1. The Morgan fingerprint density at radius 2 is 2.25 bits per heavy atom. The van der Waals surface area contributed by atoms with Crippen molar-refractivity contribution in [1.82, 2.24) is 4.98 Å². The third-order valence-corrected chi connectivity index (χ3v) is 1.83. The lowest BCUT2D eigenvalue weighted by Gasteiger charge is -1.99. The van der Waals surface area contributed by atoms with Gasteiger partial charge in [0, 0.05) is 23.7 Å². The van der Waals surface area contributed by atoms with Crippen LogP contribution in [0.5, 0.6) is 0 Å². The van der Waals surface area contributed by atoms with E-state index in [-0.39, 0.29) is 11.3 Å². The summed E-state index contributed by atoms with van der Waals surface area (Å²) in [6.07, 6.45) is 1.93. The molecule has 0 saturated heterocycles. The first-order valence-corrected chi connectivity index (χ1v) is 3.88. The molecule has 3 nitrogen and oxygen atoms in total. The minimum absolute atomic E-state index is 0.0126. The van der Waals surface area contributed by atoms with E-state index in [0.29, 0.717) is 17.5 Å². The molecule has 1 aromatic heterocycles. The molecule has 0 spiro atoms. The van der Waals surface area contributed by atoms with Gasteiger partial charge in [-0.3, -0.25) is 9.59 Å². The van der Waals surface area contributed by atoms with Crippen LogP contribution < -0.4 is 5.56 Å². The molecule has 64 valence electrons. The minimum Gasteiger partial charge on any atom is -0.329 e. The van der Waals surface area contributed by atoms with Gasteiger partial charge in [-0.15, -0.1) is 0 Å². The summed E-state index contributed by atoms with van der Waals surface area (Å²) in [7, 11) is 0. The van der Waals surface area contributed by atoms with Gasteiger partial charge in [0.1, 0.15) is 0 Å². The summed E-state index contributed by atoms with van der Waals surface area (Å²) in [4.78, 5) is 24.8. The van der Waals surface area contributed by atoms with Crippen LogP contribution in [-0.2, 0) is 0 Å². The monoisotopic (exact) mass is 165 g/mol. The van der Waals surface area contributed by atoms with E-state index in [1.54, 1.807) is 19.9 Å². The summed E-state index contributed by atoms with van der Waals surface area (Å²) in [5, 5.41) is 0. The summed E-state index contributed by atoms with van der Waals surface area (Å²) >= 11 is 0. The first-order chi connectivity index (χ1) is 5.66. The largest absolute Gasteiger partial charge is 0.329 e. The normalized spacial score (nSPS) is 9.83. The van der Waals surface area contributed by atoms with E-state index in [4.69, 9.17) is 0 Å². The number of aromatic amines is 1. The summed E-state index contributed by atoms with van der Waals surface area (Å²) in [5.74, 6) is 0.0126. The molecular formula is C9H11NO2. The first-order valence-electron chi connectivity index (χ1n) is 3.88. The van der Waals surface area contributed by atoms with Crippen LogP contribution in [0.3, 0.4) is 0 Å². The molecule has 0 aliphatic rings. The fraction of sp³-hybridized carbons (Fsp3) is 0.333. The Morgan fingerprint density at radius 3 is 2.83 bits per heavy atom. The molecule has 1 rings (SSSR count). The van der Waals surface area contributed by atoms with Gasteiger partial charge in [0.25, 0.3) is 5.56 Å². The van der Waals surface area contributed by atoms with Gasteiger partial charge in [-0.05, 0) is 13.0 Å². The van der Waals surface area contributed by atoms with E-state index >= 15 is 0 Å². The highest BCUT2D eigenvalue weighted by molar-refractivity contribution is 5.96. The third-order valence-electron chi connectivity index (χ3n) is 1.83.